The first-order chi connectivity index (χ1) is 18.1. The van der Waals surface area contributed by atoms with Crippen LogP contribution in [0.4, 0.5) is 17.1 Å². The molecule has 0 saturated carbocycles. The predicted octanol–water partition coefficient (Wildman–Crippen LogP) is 8.94. The van der Waals surface area contributed by atoms with Crippen LogP contribution in [0.25, 0.3) is 27.5 Å². The zero-order chi connectivity index (χ0) is 25.8. The van der Waals surface area contributed by atoms with Crippen molar-refractivity contribution in [2.24, 2.45) is 0 Å². The molecule has 0 saturated heterocycles. The Morgan fingerprint density at radius 2 is 1.22 bits per heavy atom. The van der Waals surface area contributed by atoms with E-state index in [-0.39, 0.29) is 5.78 Å². The number of rotatable bonds is 7. The Kier molecular flexibility index (Phi) is 6.87. The molecule has 0 amide bonds. The van der Waals surface area contributed by atoms with E-state index < -0.39 is 0 Å². The van der Waals surface area contributed by atoms with Crippen LogP contribution >= 0.6 is 0 Å². The van der Waals surface area contributed by atoms with Crippen molar-refractivity contribution in [3.05, 3.63) is 133 Å². The summed E-state index contributed by atoms with van der Waals surface area (Å²) in [5, 5.41) is 2.05. The first-order valence-corrected chi connectivity index (χ1v) is 12.4. The number of hydrogen-bond acceptors (Lipinski definition) is 3. The van der Waals surface area contributed by atoms with Crippen LogP contribution in [0.5, 0.6) is 0 Å². The lowest BCUT2D eigenvalue weighted by atomic mass is 9.93. The summed E-state index contributed by atoms with van der Waals surface area (Å²) in [4.78, 5) is 15.0. The number of methoxy groups -OCH3 is 1. The molecule has 5 rings (SSSR count). The first-order valence-electron chi connectivity index (χ1n) is 12.4. The van der Waals surface area contributed by atoms with Gasteiger partial charge in [-0.25, -0.2) is 0 Å². The smallest absolute Gasteiger partial charge is 0.163 e. The SMILES string of the molecule is CO/C(C)=C(\C(C)=O)c1cccc2c(N(c3ccccc3)c3ccccc3-c3ccccc3)cccc12. The maximum absolute atomic E-state index is 12.7. The molecule has 0 fully saturated rings. The second kappa shape index (κ2) is 10.5. The number of carbonyl (C=O) groups is 1. The molecule has 0 heterocycles. The minimum atomic E-state index is -0.0217. The van der Waals surface area contributed by atoms with Gasteiger partial charge in [-0.2, -0.15) is 0 Å². The zero-order valence-electron chi connectivity index (χ0n) is 21.3. The van der Waals surface area contributed by atoms with Crippen molar-refractivity contribution in [3.63, 3.8) is 0 Å². The summed E-state index contributed by atoms with van der Waals surface area (Å²) < 4.78 is 5.51. The van der Waals surface area contributed by atoms with Crippen LogP contribution in [0.2, 0.25) is 0 Å². The van der Waals surface area contributed by atoms with Gasteiger partial charge >= 0.3 is 0 Å². The van der Waals surface area contributed by atoms with Crippen LogP contribution in [0.15, 0.2) is 127 Å². The quantitative estimate of drug-likeness (QED) is 0.171. The topological polar surface area (TPSA) is 29.5 Å². The third-order valence-corrected chi connectivity index (χ3v) is 6.66. The number of Topliss-reactive ketones (excluding diaryl/α,β-unsaturated/α-hetero) is 1. The van der Waals surface area contributed by atoms with Gasteiger partial charge in [0.15, 0.2) is 5.78 Å². The predicted molar refractivity (Wildman–Crippen MR) is 154 cm³/mol. The van der Waals surface area contributed by atoms with E-state index in [1.54, 1.807) is 14.0 Å². The third kappa shape index (κ3) is 4.64. The fourth-order valence-electron chi connectivity index (χ4n) is 4.95. The molecule has 0 bridgehead atoms. The van der Waals surface area contributed by atoms with Crippen LogP contribution in [0.3, 0.4) is 0 Å². The van der Waals surface area contributed by atoms with Crippen LogP contribution in [0, 0.1) is 0 Å². The van der Waals surface area contributed by atoms with E-state index >= 15 is 0 Å². The normalized spacial score (nSPS) is 11.6. The minimum absolute atomic E-state index is 0.0217. The van der Waals surface area contributed by atoms with Gasteiger partial charge in [0.05, 0.1) is 24.1 Å². The van der Waals surface area contributed by atoms with Gasteiger partial charge in [0.2, 0.25) is 0 Å². The highest BCUT2D eigenvalue weighted by Crippen LogP contribution is 2.44. The van der Waals surface area contributed by atoms with E-state index in [1.165, 1.54) is 0 Å². The van der Waals surface area contributed by atoms with E-state index in [0.717, 1.165) is 44.5 Å². The summed E-state index contributed by atoms with van der Waals surface area (Å²) in [5.41, 5.74) is 6.92. The molecule has 0 N–H and O–H groups in total. The number of nitrogens with zero attached hydrogens (tertiary/aromatic N) is 1. The highest BCUT2D eigenvalue weighted by atomic mass is 16.5. The van der Waals surface area contributed by atoms with Gasteiger partial charge in [0, 0.05) is 16.6 Å². The molecule has 0 aliphatic rings. The maximum Gasteiger partial charge on any atom is 0.163 e. The van der Waals surface area contributed by atoms with E-state index in [9.17, 15) is 4.79 Å². The van der Waals surface area contributed by atoms with Crippen molar-refractivity contribution in [2.45, 2.75) is 13.8 Å². The van der Waals surface area contributed by atoms with Gasteiger partial charge in [-0.05, 0) is 54.6 Å². The van der Waals surface area contributed by atoms with Gasteiger partial charge in [-0.3, -0.25) is 4.79 Å². The molecular weight excluding hydrogens is 454 g/mol. The molecule has 0 unspecified atom stereocenters. The van der Waals surface area contributed by atoms with Crippen molar-refractivity contribution < 1.29 is 9.53 Å². The number of fused-ring (bicyclic) bond motifs is 1. The number of allylic oxidation sites excluding steroid dienone is 2. The van der Waals surface area contributed by atoms with E-state index in [2.05, 4.69) is 102 Å². The van der Waals surface area contributed by atoms with Crippen molar-refractivity contribution in [3.8, 4) is 11.1 Å². The van der Waals surface area contributed by atoms with Gasteiger partial charge in [-0.1, -0.05) is 97.1 Å². The number of carbonyl (C=O) groups excluding carboxylic acids is 1. The van der Waals surface area contributed by atoms with Crippen molar-refractivity contribution in [2.75, 3.05) is 12.0 Å². The van der Waals surface area contributed by atoms with Crippen LogP contribution in [-0.2, 0) is 9.53 Å². The van der Waals surface area contributed by atoms with Crippen LogP contribution in [-0.4, -0.2) is 12.9 Å². The average molecular weight is 484 g/mol. The molecule has 0 atom stereocenters. The monoisotopic (exact) mass is 483 g/mol. The Morgan fingerprint density at radius 3 is 1.92 bits per heavy atom. The summed E-state index contributed by atoms with van der Waals surface area (Å²) in [6, 6.07) is 41.7. The minimum Gasteiger partial charge on any atom is -0.501 e. The fraction of sp³-hybridized carbons (Fsp3) is 0.0882. The lowest BCUT2D eigenvalue weighted by molar-refractivity contribution is -0.111. The third-order valence-electron chi connectivity index (χ3n) is 6.66. The maximum atomic E-state index is 12.7. The molecule has 0 spiro atoms. The Morgan fingerprint density at radius 1 is 0.622 bits per heavy atom. The number of benzene rings is 5. The number of anilines is 3. The van der Waals surface area contributed by atoms with Crippen molar-refractivity contribution in [1.29, 1.82) is 0 Å². The summed E-state index contributed by atoms with van der Waals surface area (Å²) in [5.74, 6) is 0.589. The Bertz CT molecular complexity index is 1590. The zero-order valence-corrected chi connectivity index (χ0v) is 21.3. The van der Waals surface area contributed by atoms with Crippen molar-refractivity contribution >= 4 is 39.2 Å². The molecule has 0 aliphatic heterocycles. The number of ether oxygens (including phenoxy) is 1. The molecule has 0 aromatic heterocycles. The highest BCUT2D eigenvalue weighted by molar-refractivity contribution is 6.24. The standard InChI is InChI=1S/C34H29NO2/c1-24(36)34(25(2)37-3)31-21-12-20-30-29(31)19-13-23-33(30)35(27-16-8-5-9-17-27)32-22-11-10-18-28(32)26-14-6-4-7-15-26/h4-23H,1-3H3/b34-25+. The number of ketones is 1. The van der Waals surface area contributed by atoms with Crippen LogP contribution in [0.1, 0.15) is 19.4 Å². The molecule has 0 radical (unpaired) electrons. The number of hydrogen-bond donors (Lipinski definition) is 0. The second-order valence-electron chi connectivity index (χ2n) is 8.92. The van der Waals surface area contributed by atoms with Gasteiger partial charge in [0.25, 0.3) is 0 Å². The lowest BCUT2D eigenvalue weighted by Gasteiger charge is -2.29. The Labute approximate surface area is 218 Å². The Balaban J connectivity index is 1.81. The molecule has 0 aliphatic carbocycles. The summed E-state index contributed by atoms with van der Waals surface area (Å²) in [6.07, 6.45) is 0. The molecule has 5 aromatic carbocycles. The lowest BCUT2D eigenvalue weighted by Crippen LogP contribution is -2.12. The highest BCUT2D eigenvalue weighted by Gasteiger charge is 2.21. The summed E-state index contributed by atoms with van der Waals surface area (Å²) in [7, 11) is 1.60. The Hall–Kier alpha value is -4.63. The number of para-hydroxylation sites is 2. The van der Waals surface area contributed by atoms with E-state index in [1.807, 2.05) is 31.2 Å². The molecule has 37 heavy (non-hydrogen) atoms. The van der Waals surface area contributed by atoms with E-state index in [0.29, 0.717) is 11.3 Å². The molecular formula is C34H29NO2. The second-order valence-corrected chi connectivity index (χ2v) is 8.92. The first kappa shape index (κ1) is 24.1. The van der Waals surface area contributed by atoms with Gasteiger partial charge < -0.3 is 9.64 Å². The molecule has 5 aromatic rings. The molecule has 3 nitrogen and oxygen atoms in total. The van der Waals surface area contributed by atoms with Gasteiger partial charge in [-0.15, -0.1) is 0 Å². The van der Waals surface area contributed by atoms with Gasteiger partial charge in [0.1, 0.15) is 5.76 Å². The average Bonchev–Trinajstić information content (AvgIpc) is 2.95. The molecule has 182 valence electrons. The summed E-state index contributed by atoms with van der Waals surface area (Å²) in [6.45, 7) is 3.43. The van der Waals surface area contributed by atoms with Crippen molar-refractivity contribution in [1.82, 2.24) is 0 Å². The fourth-order valence-corrected chi connectivity index (χ4v) is 4.95. The summed E-state index contributed by atoms with van der Waals surface area (Å²) >= 11 is 0. The molecule has 3 heteroatoms. The van der Waals surface area contributed by atoms with E-state index in [4.69, 9.17) is 4.74 Å². The van der Waals surface area contributed by atoms with Crippen LogP contribution < -0.4 is 4.90 Å². The largest absolute Gasteiger partial charge is 0.501 e.